The molecular formula is C24H19ClN2O. The number of hydrogen-bond donors (Lipinski definition) is 1. The molecule has 4 heteroatoms. The van der Waals surface area contributed by atoms with Crippen LogP contribution in [0.1, 0.15) is 0 Å². The number of nitrogens with zero attached hydrogens (tertiary/aromatic N) is 1. The van der Waals surface area contributed by atoms with Crippen LogP contribution in [0.2, 0.25) is 5.02 Å². The second-order valence-electron chi connectivity index (χ2n) is 6.92. The molecule has 138 valence electrons. The van der Waals surface area contributed by atoms with E-state index < -0.39 is 0 Å². The minimum absolute atomic E-state index is 0.494. The van der Waals surface area contributed by atoms with Crippen LogP contribution in [0, 0.1) is 0 Å². The SMILES string of the molecule is C=CCOc1ccc2c3c4c[nH]cc4c(-c4ccccc4Cl)cc3n(C)c2c1. The van der Waals surface area contributed by atoms with Crippen molar-refractivity contribution in [3.63, 3.8) is 0 Å². The quantitative estimate of drug-likeness (QED) is 0.342. The van der Waals surface area contributed by atoms with Crippen LogP contribution in [0.15, 0.2) is 73.6 Å². The smallest absolute Gasteiger partial charge is 0.121 e. The van der Waals surface area contributed by atoms with Crippen molar-refractivity contribution in [3.8, 4) is 16.9 Å². The van der Waals surface area contributed by atoms with Crippen molar-refractivity contribution in [3.05, 3.63) is 78.6 Å². The molecule has 3 nitrogen and oxygen atoms in total. The van der Waals surface area contributed by atoms with Gasteiger partial charge in [0, 0.05) is 57.6 Å². The van der Waals surface area contributed by atoms with Gasteiger partial charge in [0.15, 0.2) is 0 Å². The lowest BCUT2D eigenvalue weighted by atomic mass is 9.97. The van der Waals surface area contributed by atoms with Gasteiger partial charge in [-0.2, -0.15) is 0 Å². The summed E-state index contributed by atoms with van der Waals surface area (Å²) >= 11 is 6.52. The Morgan fingerprint density at radius 3 is 2.64 bits per heavy atom. The fourth-order valence-corrected chi connectivity index (χ4v) is 4.28. The topological polar surface area (TPSA) is 29.9 Å². The van der Waals surface area contributed by atoms with E-state index >= 15 is 0 Å². The number of nitrogens with one attached hydrogen (secondary N) is 1. The number of halogens is 1. The molecule has 0 saturated heterocycles. The van der Waals surface area contributed by atoms with Gasteiger partial charge in [0.1, 0.15) is 12.4 Å². The van der Waals surface area contributed by atoms with E-state index in [1.54, 1.807) is 6.08 Å². The van der Waals surface area contributed by atoms with Crippen LogP contribution in [-0.2, 0) is 7.05 Å². The lowest BCUT2D eigenvalue weighted by Crippen LogP contribution is -1.93. The predicted molar refractivity (Wildman–Crippen MR) is 118 cm³/mol. The highest BCUT2D eigenvalue weighted by molar-refractivity contribution is 6.34. The third-order valence-corrected chi connectivity index (χ3v) is 5.66. The molecule has 0 aliphatic rings. The summed E-state index contributed by atoms with van der Waals surface area (Å²) in [4.78, 5) is 3.28. The molecule has 3 aromatic carbocycles. The molecule has 0 fully saturated rings. The zero-order valence-electron chi connectivity index (χ0n) is 15.5. The van der Waals surface area contributed by atoms with Crippen molar-refractivity contribution >= 4 is 44.2 Å². The minimum Gasteiger partial charge on any atom is -0.489 e. The van der Waals surface area contributed by atoms with E-state index in [-0.39, 0.29) is 0 Å². The Balaban J connectivity index is 1.86. The Labute approximate surface area is 167 Å². The van der Waals surface area contributed by atoms with Crippen molar-refractivity contribution in [2.75, 3.05) is 6.61 Å². The Bertz CT molecular complexity index is 1360. The molecule has 5 aromatic rings. The van der Waals surface area contributed by atoms with E-state index in [0.717, 1.165) is 32.9 Å². The van der Waals surface area contributed by atoms with E-state index in [1.807, 2.05) is 30.5 Å². The molecule has 28 heavy (non-hydrogen) atoms. The van der Waals surface area contributed by atoms with Gasteiger partial charge in [-0.25, -0.2) is 0 Å². The Morgan fingerprint density at radius 1 is 1.00 bits per heavy atom. The summed E-state index contributed by atoms with van der Waals surface area (Å²) < 4.78 is 7.96. The first-order valence-corrected chi connectivity index (χ1v) is 9.57. The van der Waals surface area contributed by atoms with Crippen LogP contribution >= 0.6 is 11.6 Å². The first-order chi connectivity index (χ1) is 13.7. The molecule has 0 unspecified atom stereocenters. The summed E-state index contributed by atoms with van der Waals surface area (Å²) in [5.41, 5.74) is 4.47. The third-order valence-electron chi connectivity index (χ3n) is 5.34. The summed E-state index contributed by atoms with van der Waals surface area (Å²) in [5, 5.41) is 5.56. The van der Waals surface area contributed by atoms with E-state index in [1.165, 1.54) is 21.5 Å². The normalized spacial score (nSPS) is 11.5. The summed E-state index contributed by atoms with van der Waals surface area (Å²) in [6, 6.07) is 16.5. The van der Waals surface area contributed by atoms with Crippen molar-refractivity contribution in [1.29, 1.82) is 0 Å². The maximum Gasteiger partial charge on any atom is 0.121 e. The van der Waals surface area contributed by atoms with Gasteiger partial charge in [0.2, 0.25) is 0 Å². The van der Waals surface area contributed by atoms with Gasteiger partial charge >= 0.3 is 0 Å². The molecule has 2 heterocycles. The Morgan fingerprint density at radius 2 is 1.82 bits per heavy atom. The second kappa shape index (κ2) is 6.47. The number of rotatable bonds is 4. The highest BCUT2D eigenvalue weighted by Crippen LogP contribution is 2.41. The summed E-state index contributed by atoms with van der Waals surface area (Å²) in [6.45, 7) is 4.21. The molecule has 5 rings (SSSR count). The molecule has 2 aromatic heterocycles. The van der Waals surface area contributed by atoms with E-state index in [0.29, 0.717) is 6.61 Å². The standard InChI is InChI=1S/C24H19ClN2O/c1-3-10-28-15-8-9-17-22(11-15)27(2)23-12-18(16-6-4-5-7-21(16)25)19-13-26-14-20(19)24(17)23/h3-9,11-14,26H,1,10H2,2H3. The largest absolute Gasteiger partial charge is 0.489 e. The zero-order chi connectivity index (χ0) is 19.3. The maximum absolute atomic E-state index is 6.52. The molecule has 0 aliphatic carbocycles. The highest BCUT2D eigenvalue weighted by Gasteiger charge is 2.17. The predicted octanol–water partition coefficient (Wildman–Crippen LogP) is 6.70. The molecule has 0 aliphatic heterocycles. The van der Waals surface area contributed by atoms with Crippen molar-refractivity contribution in [1.82, 2.24) is 9.55 Å². The van der Waals surface area contributed by atoms with Gasteiger partial charge in [-0.3, -0.25) is 0 Å². The van der Waals surface area contributed by atoms with Crippen molar-refractivity contribution < 1.29 is 4.74 Å². The molecule has 0 bridgehead atoms. The second-order valence-corrected chi connectivity index (χ2v) is 7.33. The molecule has 0 amide bonds. The van der Waals surface area contributed by atoms with Crippen LogP contribution in [-0.4, -0.2) is 16.2 Å². The summed E-state index contributed by atoms with van der Waals surface area (Å²) in [6.07, 6.45) is 5.87. The molecule has 1 N–H and O–H groups in total. The monoisotopic (exact) mass is 386 g/mol. The molecule has 0 atom stereocenters. The molecule has 0 radical (unpaired) electrons. The zero-order valence-corrected chi connectivity index (χ0v) is 16.3. The summed E-state index contributed by atoms with van der Waals surface area (Å²) in [7, 11) is 2.09. The van der Waals surface area contributed by atoms with Crippen LogP contribution in [0.3, 0.4) is 0 Å². The first kappa shape index (κ1) is 17.0. The average molecular weight is 387 g/mol. The van der Waals surface area contributed by atoms with Crippen molar-refractivity contribution in [2.24, 2.45) is 7.05 Å². The number of ether oxygens (including phenoxy) is 1. The number of fused-ring (bicyclic) bond motifs is 5. The van der Waals surface area contributed by atoms with Gasteiger partial charge in [-0.05, 0) is 29.8 Å². The van der Waals surface area contributed by atoms with Gasteiger partial charge in [-0.15, -0.1) is 0 Å². The van der Waals surface area contributed by atoms with Crippen LogP contribution in [0.4, 0.5) is 0 Å². The highest BCUT2D eigenvalue weighted by atomic mass is 35.5. The third kappa shape index (κ3) is 2.44. The van der Waals surface area contributed by atoms with Crippen LogP contribution in [0.5, 0.6) is 5.75 Å². The number of aryl methyl sites for hydroxylation is 1. The van der Waals surface area contributed by atoms with Crippen molar-refractivity contribution in [2.45, 2.75) is 0 Å². The van der Waals surface area contributed by atoms with Crippen LogP contribution < -0.4 is 4.74 Å². The van der Waals surface area contributed by atoms with E-state index in [2.05, 4.69) is 53.6 Å². The van der Waals surface area contributed by atoms with Gasteiger partial charge in [0.25, 0.3) is 0 Å². The fourth-order valence-electron chi connectivity index (χ4n) is 4.04. The minimum atomic E-state index is 0.494. The first-order valence-electron chi connectivity index (χ1n) is 9.19. The average Bonchev–Trinajstić information content (AvgIpc) is 3.30. The number of benzene rings is 3. The maximum atomic E-state index is 6.52. The number of aromatic amines is 1. The number of H-pyrrole nitrogens is 1. The van der Waals surface area contributed by atoms with E-state index in [4.69, 9.17) is 16.3 Å². The fraction of sp³-hybridized carbons (Fsp3) is 0.0833. The molecule has 0 saturated carbocycles. The number of aromatic nitrogens is 2. The lowest BCUT2D eigenvalue weighted by molar-refractivity contribution is 0.363. The molecular weight excluding hydrogens is 368 g/mol. The lowest BCUT2D eigenvalue weighted by Gasteiger charge is -2.08. The molecule has 0 spiro atoms. The summed E-state index contributed by atoms with van der Waals surface area (Å²) in [5.74, 6) is 0.843. The Hall–Kier alpha value is -3.17. The number of hydrogen-bond acceptors (Lipinski definition) is 1. The van der Waals surface area contributed by atoms with Crippen LogP contribution in [0.25, 0.3) is 43.7 Å². The van der Waals surface area contributed by atoms with Gasteiger partial charge in [-0.1, -0.05) is 42.5 Å². The van der Waals surface area contributed by atoms with Gasteiger partial charge in [0.05, 0.1) is 11.0 Å². The van der Waals surface area contributed by atoms with E-state index in [9.17, 15) is 0 Å². The Kier molecular flexibility index (Phi) is 3.92. The van der Waals surface area contributed by atoms with Gasteiger partial charge < -0.3 is 14.3 Å².